The number of nitrogens with one attached hydrogen (secondary N) is 1. The number of rotatable bonds is 8. The van der Waals surface area contributed by atoms with Crippen LogP contribution in [0.1, 0.15) is 43.7 Å². The Morgan fingerprint density at radius 2 is 1.81 bits per heavy atom. The molecule has 0 fully saturated rings. The first kappa shape index (κ1) is 17.2. The van der Waals surface area contributed by atoms with Gasteiger partial charge in [0.2, 0.25) is 5.91 Å². The van der Waals surface area contributed by atoms with E-state index < -0.39 is 18.6 Å². The molecule has 0 saturated heterocycles. The molecule has 0 saturated carbocycles. The van der Waals surface area contributed by atoms with Crippen molar-refractivity contribution in [2.24, 2.45) is 0 Å². The first-order valence-corrected chi connectivity index (χ1v) is 7.16. The molecular weight excluding hydrogens is 270 g/mol. The molecule has 1 amide bonds. The molecule has 0 radical (unpaired) electrons. The molecule has 0 aliphatic heterocycles. The van der Waals surface area contributed by atoms with E-state index in [4.69, 9.17) is 10.2 Å². The van der Waals surface area contributed by atoms with Gasteiger partial charge in [-0.25, -0.2) is 4.79 Å². The summed E-state index contributed by atoms with van der Waals surface area (Å²) >= 11 is 0. The standard InChI is InChI=1S/C16H23NO4/c1-11(2)13-8-6-12(7-9-13)4-3-5-15(19)17-14(10-18)16(20)21/h6-9,11,14,18H,3-5,10H2,1-2H3,(H,17,19)(H,20,21). The number of carboxylic acids is 1. The van der Waals surface area contributed by atoms with Gasteiger partial charge in [0, 0.05) is 6.42 Å². The molecule has 0 heterocycles. The topological polar surface area (TPSA) is 86.6 Å². The van der Waals surface area contributed by atoms with Crippen molar-refractivity contribution in [1.29, 1.82) is 0 Å². The van der Waals surface area contributed by atoms with Crippen LogP contribution in [0.4, 0.5) is 0 Å². The highest BCUT2D eigenvalue weighted by Gasteiger charge is 2.18. The Labute approximate surface area is 125 Å². The van der Waals surface area contributed by atoms with E-state index in [1.807, 2.05) is 0 Å². The zero-order valence-electron chi connectivity index (χ0n) is 12.5. The zero-order valence-corrected chi connectivity index (χ0v) is 12.5. The maximum absolute atomic E-state index is 11.6. The number of aryl methyl sites for hydroxylation is 1. The van der Waals surface area contributed by atoms with Crippen molar-refractivity contribution in [3.63, 3.8) is 0 Å². The van der Waals surface area contributed by atoms with Crippen molar-refractivity contribution in [2.45, 2.75) is 45.1 Å². The quantitative estimate of drug-likeness (QED) is 0.681. The van der Waals surface area contributed by atoms with Crippen LogP contribution in [0.2, 0.25) is 0 Å². The van der Waals surface area contributed by atoms with E-state index in [1.54, 1.807) is 0 Å². The Morgan fingerprint density at radius 3 is 2.29 bits per heavy atom. The Hall–Kier alpha value is -1.88. The van der Waals surface area contributed by atoms with Crippen LogP contribution in [-0.2, 0) is 16.0 Å². The first-order chi connectivity index (χ1) is 9.93. The maximum Gasteiger partial charge on any atom is 0.328 e. The number of carboxylic acid groups (broad SMARTS) is 1. The fourth-order valence-electron chi connectivity index (χ4n) is 1.97. The zero-order chi connectivity index (χ0) is 15.8. The van der Waals surface area contributed by atoms with E-state index in [0.717, 1.165) is 12.0 Å². The summed E-state index contributed by atoms with van der Waals surface area (Å²) in [4.78, 5) is 22.2. The van der Waals surface area contributed by atoms with Gasteiger partial charge in [0.25, 0.3) is 0 Å². The smallest absolute Gasteiger partial charge is 0.328 e. The minimum atomic E-state index is -1.23. The van der Waals surface area contributed by atoms with E-state index >= 15 is 0 Å². The van der Waals surface area contributed by atoms with E-state index in [-0.39, 0.29) is 12.3 Å². The maximum atomic E-state index is 11.6. The molecule has 3 N–H and O–H groups in total. The molecule has 5 nitrogen and oxygen atoms in total. The number of amides is 1. The molecule has 0 spiro atoms. The predicted octanol–water partition coefficient (Wildman–Crippen LogP) is 1.69. The lowest BCUT2D eigenvalue weighted by molar-refractivity contribution is -0.142. The van der Waals surface area contributed by atoms with Gasteiger partial charge in [-0.1, -0.05) is 38.1 Å². The summed E-state index contributed by atoms with van der Waals surface area (Å²) in [7, 11) is 0. The van der Waals surface area contributed by atoms with Crippen molar-refractivity contribution in [1.82, 2.24) is 5.32 Å². The van der Waals surface area contributed by atoms with Crippen molar-refractivity contribution >= 4 is 11.9 Å². The van der Waals surface area contributed by atoms with Gasteiger partial charge in [-0.3, -0.25) is 4.79 Å². The van der Waals surface area contributed by atoms with Crippen molar-refractivity contribution < 1.29 is 19.8 Å². The van der Waals surface area contributed by atoms with Gasteiger partial charge < -0.3 is 15.5 Å². The van der Waals surface area contributed by atoms with Gasteiger partial charge in [0.15, 0.2) is 0 Å². The summed E-state index contributed by atoms with van der Waals surface area (Å²) in [5.74, 6) is -1.08. The fourth-order valence-corrected chi connectivity index (χ4v) is 1.97. The van der Waals surface area contributed by atoms with E-state index in [1.165, 1.54) is 5.56 Å². The molecule has 1 rings (SSSR count). The normalized spacial score (nSPS) is 12.2. The first-order valence-electron chi connectivity index (χ1n) is 7.16. The number of aliphatic carboxylic acids is 1. The molecule has 1 atom stereocenters. The SMILES string of the molecule is CC(C)c1ccc(CCCC(=O)NC(CO)C(=O)O)cc1. The highest BCUT2D eigenvalue weighted by atomic mass is 16.4. The van der Waals surface area contributed by atoms with Crippen LogP contribution in [0, 0.1) is 0 Å². The largest absolute Gasteiger partial charge is 0.480 e. The second-order valence-corrected chi connectivity index (χ2v) is 5.39. The number of hydrogen-bond acceptors (Lipinski definition) is 3. The summed E-state index contributed by atoms with van der Waals surface area (Å²) in [6.07, 6.45) is 1.66. The minimum absolute atomic E-state index is 0.246. The fraction of sp³-hybridized carbons (Fsp3) is 0.500. The molecule has 1 aromatic rings. The van der Waals surface area contributed by atoms with Gasteiger partial charge in [-0.2, -0.15) is 0 Å². The lowest BCUT2D eigenvalue weighted by atomic mass is 10.00. The van der Waals surface area contributed by atoms with Crippen LogP contribution in [0.5, 0.6) is 0 Å². The van der Waals surface area contributed by atoms with Gasteiger partial charge in [-0.05, 0) is 29.9 Å². The van der Waals surface area contributed by atoms with Crippen LogP contribution in [-0.4, -0.2) is 34.7 Å². The third-order valence-electron chi connectivity index (χ3n) is 3.33. The number of benzene rings is 1. The summed E-state index contributed by atoms with van der Waals surface area (Å²) in [5, 5.41) is 19.8. The number of carbonyl (C=O) groups excluding carboxylic acids is 1. The minimum Gasteiger partial charge on any atom is -0.480 e. The Balaban J connectivity index is 2.36. The summed E-state index contributed by atoms with van der Waals surface area (Å²) in [6, 6.07) is 7.07. The second kappa shape index (κ2) is 8.42. The Morgan fingerprint density at radius 1 is 1.19 bits per heavy atom. The van der Waals surface area contributed by atoms with Gasteiger partial charge in [-0.15, -0.1) is 0 Å². The molecule has 0 aromatic heterocycles. The van der Waals surface area contributed by atoms with Gasteiger partial charge in [0.05, 0.1) is 6.61 Å². The number of aliphatic hydroxyl groups excluding tert-OH is 1. The third-order valence-corrected chi connectivity index (χ3v) is 3.33. The summed E-state index contributed by atoms with van der Waals surface area (Å²) < 4.78 is 0. The highest BCUT2D eigenvalue weighted by Crippen LogP contribution is 2.15. The van der Waals surface area contributed by atoms with Crippen molar-refractivity contribution in [3.05, 3.63) is 35.4 Å². The summed E-state index contributed by atoms with van der Waals surface area (Å²) in [6.45, 7) is 3.68. The van der Waals surface area contributed by atoms with Crippen LogP contribution in [0.25, 0.3) is 0 Å². The average molecular weight is 293 g/mol. The second-order valence-electron chi connectivity index (χ2n) is 5.39. The third kappa shape index (κ3) is 5.95. The molecule has 116 valence electrons. The number of hydrogen-bond donors (Lipinski definition) is 3. The van der Waals surface area contributed by atoms with E-state index in [9.17, 15) is 9.59 Å². The van der Waals surface area contributed by atoms with Crippen LogP contribution < -0.4 is 5.32 Å². The van der Waals surface area contributed by atoms with Crippen LogP contribution in [0.3, 0.4) is 0 Å². The van der Waals surface area contributed by atoms with Crippen LogP contribution in [0.15, 0.2) is 24.3 Å². The molecule has 21 heavy (non-hydrogen) atoms. The van der Waals surface area contributed by atoms with Crippen molar-refractivity contribution in [3.8, 4) is 0 Å². The number of carbonyl (C=O) groups is 2. The predicted molar refractivity (Wildman–Crippen MR) is 80.1 cm³/mol. The lowest BCUT2D eigenvalue weighted by Crippen LogP contribution is -2.43. The Kier molecular flexibility index (Phi) is 6.88. The Bertz CT molecular complexity index is 468. The average Bonchev–Trinajstić information content (AvgIpc) is 2.45. The molecule has 0 bridgehead atoms. The molecule has 1 aromatic carbocycles. The monoisotopic (exact) mass is 293 g/mol. The van der Waals surface area contributed by atoms with E-state index in [2.05, 4.69) is 43.4 Å². The van der Waals surface area contributed by atoms with Crippen molar-refractivity contribution in [2.75, 3.05) is 6.61 Å². The van der Waals surface area contributed by atoms with E-state index in [0.29, 0.717) is 12.3 Å². The van der Waals surface area contributed by atoms with Gasteiger partial charge >= 0.3 is 5.97 Å². The number of aliphatic hydroxyl groups is 1. The molecule has 5 heteroatoms. The molecule has 1 unspecified atom stereocenters. The van der Waals surface area contributed by atoms with Crippen LogP contribution >= 0.6 is 0 Å². The van der Waals surface area contributed by atoms with Gasteiger partial charge in [0.1, 0.15) is 6.04 Å². The molecule has 0 aliphatic carbocycles. The summed E-state index contributed by atoms with van der Waals surface area (Å²) in [5.41, 5.74) is 2.44. The molecule has 0 aliphatic rings. The highest BCUT2D eigenvalue weighted by molar-refractivity contribution is 5.83. The lowest BCUT2D eigenvalue weighted by Gasteiger charge is -2.11. The molecular formula is C16H23NO4.